The predicted molar refractivity (Wildman–Crippen MR) is 71.0 cm³/mol. The predicted octanol–water partition coefficient (Wildman–Crippen LogP) is 3.04. The van der Waals surface area contributed by atoms with Gasteiger partial charge in [-0.1, -0.05) is 18.6 Å². The molecule has 0 amide bonds. The third-order valence-corrected chi connectivity index (χ3v) is 2.49. The Morgan fingerprint density at radius 2 is 1.84 bits per heavy atom. The average Bonchev–Trinajstić information content (AvgIpc) is 2.37. The largest absolute Gasteiger partial charge is 0.466 e. The molecule has 0 atom stereocenters. The third kappa shape index (κ3) is 14.3. The number of hydrogen-bond donors (Lipinski definition) is 0. The SMILES string of the molecule is CC=CCCCC(=O)OCCCCCCO[N+](=O)[O-]. The van der Waals surface area contributed by atoms with Gasteiger partial charge in [-0.3, -0.25) is 4.79 Å². The standard InChI is InChI=1S/C13H23NO5/c1-2-3-4-7-10-13(15)18-11-8-5-6-9-12-19-14(16)17/h2-3H,4-12H2,1H3. The number of nitrogens with zero attached hydrogens (tertiary/aromatic N) is 1. The van der Waals surface area contributed by atoms with Crippen LogP contribution in [0.1, 0.15) is 51.9 Å². The van der Waals surface area contributed by atoms with Crippen LogP contribution in [0.5, 0.6) is 0 Å². The van der Waals surface area contributed by atoms with Gasteiger partial charge >= 0.3 is 5.97 Å². The Kier molecular flexibility index (Phi) is 11.8. The van der Waals surface area contributed by atoms with E-state index in [0.29, 0.717) is 19.4 Å². The van der Waals surface area contributed by atoms with Crippen LogP contribution in [-0.2, 0) is 14.4 Å². The van der Waals surface area contributed by atoms with E-state index in [1.807, 2.05) is 19.1 Å². The minimum atomic E-state index is -0.782. The van der Waals surface area contributed by atoms with Gasteiger partial charge in [0.05, 0.1) is 13.2 Å². The summed E-state index contributed by atoms with van der Waals surface area (Å²) in [5.41, 5.74) is 0. The molecule has 0 bridgehead atoms. The zero-order valence-electron chi connectivity index (χ0n) is 11.5. The Hall–Kier alpha value is -1.59. The monoisotopic (exact) mass is 273 g/mol. The second kappa shape index (κ2) is 12.9. The molecule has 0 fully saturated rings. The fourth-order valence-electron chi connectivity index (χ4n) is 1.49. The minimum absolute atomic E-state index is 0.137. The van der Waals surface area contributed by atoms with Gasteiger partial charge < -0.3 is 9.57 Å². The van der Waals surface area contributed by atoms with Gasteiger partial charge in [-0.05, 0) is 39.0 Å². The molecule has 19 heavy (non-hydrogen) atoms. The summed E-state index contributed by atoms with van der Waals surface area (Å²) < 4.78 is 5.06. The van der Waals surface area contributed by atoms with Gasteiger partial charge in [0, 0.05) is 6.42 Å². The summed E-state index contributed by atoms with van der Waals surface area (Å²) in [7, 11) is 0. The molecule has 0 aliphatic rings. The highest BCUT2D eigenvalue weighted by Crippen LogP contribution is 2.03. The highest BCUT2D eigenvalue weighted by atomic mass is 16.9. The topological polar surface area (TPSA) is 78.7 Å². The molecule has 0 spiro atoms. The Morgan fingerprint density at radius 3 is 2.47 bits per heavy atom. The van der Waals surface area contributed by atoms with E-state index in [-0.39, 0.29) is 12.6 Å². The molecular weight excluding hydrogens is 250 g/mol. The minimum Gasteiger partial charge on any atom is -0.466 e. The maximum atomic E-state index is 11.3. The number of carbonyl (C=O) groups is 1. The van der Waals surface area contributed by atoms with Crippen molar-refractivity contribution in [1.29, 1.82) is 0 Å². The van der Waals surface area contributed by atoms with E-state index < -0.39 is 5.09 Å². The van der Waals surface area contributed by atoms with Gasteiger partial charge in [-0.15, -0.1) is 10.1 Å². The lowest BCUT2D eigenvalue weighted by molar-refractivity contribution is -0.757. The van der Waals surface area contributed by atoms with Crippen molar-refractivity contribution in [2.75, 3.05) is 13.2 Å². The van der Waals surface area contributed by atoms with Crippen molar-refractivity contribution in [2.24, 2.45) is 0 Å². The van der Waals surface area contributed by atoms with Crippen LogP contribution in [0, 0.1) is 10.1 Å². The summed E-state index contributed by atoms with van der Waals surface area (Å²) in [5, 5.41) is 9.08. The van der Waals surface area contributed by atoms with Crippen LogP contribution in [0.15, 0.2) is 12.2 Å². The molecule has 0 radical (unpaired) electrons. The van der Waals surface area contributed by atoms with E-state index in [1.165, 1.54) is 0 Å². The van der Waals surface area contributed by atoms with Gasteiger partial charge in [0.2, 0.25) is 0 Å². The highest BCUT2D eigenvalue weighted by Gasteiger charge is 2.01. The number of hydrogen-bond acceptors (Lipinski definition) is 5. The second-order valence-electron chi connectivity index (χ2n) is 4.15. The normalized spacial score (nSPS) is 10.6. The molecule has 0 aromatic carbocycles. The number of carbonyl (C=O) groups excluding carboxylic acids is 1. The van der Waals surface area contributed by atoms with E-state index in [9.17, 15) is 14.9 Å². The number of allylic oxidation sites excluding steroid dienone is 2. The smallest absolute Gasteiger partial charge is 0.305 e. The van der Waals surface area contributed by atoms with Crippen LogP contribution in [0.2, 0.25) is 0 Å². The van der Waals surface area contributed by atoms with Crippen LogP contribution in [0.4, 0.5) is 0 Å². The Balaban J connectivity index is 3.20. The summed E-state index contributed by atoms with van der Waals surface area (Å²) in [6, 6.07) is 0. The lowest BCUT2D eigenvalue weighted by Crippen LogP contribution is -2.06. The number of esters is 1. The highest BCUT2D eigenvalue weighted by molar-refractivity contribution is 5.69. The summed E-state index contributed by atoms with van der Waals surface area (Å²) in [5.74, 6) is -0.152. The van der Waals surface area contributed by atoms with Crippen molar-refractivity contribution < 1.29 is 19.5 Å². The van der Waals surface area contributed by atoms with E-state index in [4.69, 9.17) is 4.74 Å². The lowest BCUT2D eigenvalue weighted by atomic mass is 10.2. The Labute approximate surface area is 113 Å². The third-order valence-electron chi connectivity index (χ3n) is 2.49. The van der Waals surface area contributed by atoms with Crippen LogP contribution in [0.25, 0.3) is 0 Å². The second-order valence-corrected chi connectivity index (χ2v) is 4.15. The first kappa shape index (κ1) is 17.4. The number of ether oxygens (including phenoxy) is 1. The average molecular weight is 273 g/mol. The molecule has 0 N–H and O–H groups in total. The van der Waals surface area contributed by atoms with Gasteiger partial charge in [0.1, 0.15) is 0 Å². The first-order valence-corrected chi connectivity index (χ1v) is 6.71. The molecule has 110 valence electrons. The van der Waals surface area contributed by atoms with Crippen molar-refractivity contribution in [3.05, 3.63) is 22.3 Å². The molecule has 0 rings (SSSR count). The maximum Gasteiger partial charge on any atom is 0.305 e. The van der Waals surface area contributed by atoms with Crippen molar-refractivity contribution in [3.8, 4) is 0 Å². The van der Waals surface area contributed by atoms with E-state index in [1.54, 1.807) is 0 Å². The Bertz CT molecular complexity index is 278. The van der Waals surface area contributed by atoms with Gasteiger partial charge in [0.15, 0.2) is 0 Å². The summed E-state index contributed by atoms with van der Waals surface area (Å²) in [6.07, 6.45) is 9.34. The molecule has 0 aromatic rings. The number of unbranched alkanes of at least 4 members (excludes halogenated alkanes) is 4. The Morgan fingerprint density at radius 1 is 1.16 bits per heavy atom. The molecule has 0 aliphatic carbocycles. The van der Waals surface area contributed by atoms with Crippen LogP contribution < -0.4 is 0 Å². The molecule has 6 nitrogen and oxygen atoms in total. The van der Waals surface area contributed by atoms with E-state index in [0.717, 1.165) is 32.1 Å². The molecule has 0 saturated carbocycles. The van der Waals surface area contributed by atoms with Crippen molar-refractivity contribution in [2.45, 2.75) is 51.9 Å². The summed E-state index contributed by atoms with van der Waals surface area (Å²) in [6.45, 7) is 2.52. The molecule has 0 aromatic heterocycles. The summed E-state index contributed by atoms with van der Waals surface area (Å²) in [4.78, 5) is 25.3. The van der Waals surface area contributed by atoms with Crippen LogP contribution in [0.3, 0.4) is 0 Å². The summed E-state index contributed by atoms with van der Waals surface area (Å²) >= 11 is 0. The first-order valence-electron chi connectivity index (χ1n) is 6.71. The zero-order valence-corrected chi connectivity index (χ0v) is 11.5. The molecule has 0 aliphatic heterocycles. The maximum absolute atomic E-state index is 11.3. The fraction of sp³-hybridized carbons (Fsp3) is 0.769. The molecule has 0 heterocycles. The fourth-order valence-corrected chi connectivity index (χ4v) is 1.49. The van der Waals surface area contributed by atoms with E-state index in [2.05, 4.69) is 4.84 Å². The lowest BCUT2D eigenvalue weighted by Gasteiger charge is -2.04. The van der Waals surface area contributed by atoms with Crippen LogP contribution in [-0.4, -0.2) is 24.3 Å². The van der Waals surface area contributed by atoms with Gasteiger partial charge in [-0.2, -0.15) is 0 Å². The van der Waals surface area contributed by atoms with Crippen LogP contribution >= 0.6 is 0 Å². The molecular formula is C13H23NO5. The number of rotatable bonds is 12. The van der Waals surface area contributed by atoms with Crippen molar-refractivity contribution in [3.63, 3.8) is 0 Å². The van der Waals surface area contributed by atoms with Crippen molar-refractivity contribution >= 4 is 5.97 Å². The first-order chi connectivity index (χ1) is 9.16. The molecule has 0 unspecified atom stereocenters. The van der Waals surface area contributed by atoms with E-state index >= 15 is 0 Å². The molecule has 6 heteroatoms. The van der Waals surface area contributed by atoms with Gasteiger partial charge in [0.25, 0.3) is 5.09 Å². The quantitative estimate of drug-likeness (QED) is 0.179. The van der Waals surface area contributed by atoms with Crippen molar-refractivity contribution in [1.82, 2.24) is 0 Å². The zero-order chi connectivity index (χ0) is 14.3. The van der Waals surface area contributed by atoms with Gasteiger partial charge in [-0.25, -0.2) is 0 Å². The molecule has 0 saturated heterocycles.